The minimum absolute atomic E-state index is 0.890. The molecular formula is C16H20N4. The smallest absolute Gasteiger partial charge is 0.156 e. The Morgan fingerprint density at radius 1 is 1.20 bits per heavy atom. The van der Waals surface area contributed by atoms with E-state index in [1.165, 1.54) is 11.0 Å². The van der Waals surface area contributed by atoms with E-state index in [1.54, 1.807) is 0 Å². The molecule has 0 unspecified atom stereocenters. The van der Waals surface area contributed by atoms with Gasteiger partial charge in [-0.25, -0.2) is 0 Å². The Hall–Kier alpha value is -1.94. The Morgan fingerprint density at radius 2 is 2.05 bits per heavy atom. The topological polar surface area (TPSA) is 49.8 Å². The van der Waals surface area contributed by atoms with Crippen LogP contribution in [0.15, 0.2) is 35.9 Å². The molecule has 0 bridgehead atoms. The first kappa shape index (κ1) is 13.1. The Labute approximate surface area is 119 Å². The molecule has 2 N–H and O–H groups in total. The lowest BCUT2D eigenvalue weighted by atomic mass is 10.1. The highest BCUT2D eigenvalue weighted by molar-refractivity contribution is 5.92. The number of aromatic nitrogens is 2. The molecule has 1 aliphatic heterocycles. The Kier molecular flexibility index (Phi) is 3.92. The van der Waals surface area contributed by atoms with Crippen LogP contribution < -0.4 is 10.6 Å². The minimum Gasteiger partial charge on any atom is -0.368 e. The molecule has 0 fully saturated rings. The molecule has 0 saturated heterocycles. The van der Waals surface area contributed by atoms with Crippen LogP contribution in [0.5, 0.6) is 0 Å². The van der Waals surface area contributed by atoms with Gasteiger partial charge in [-0.3, -0.25) is 0 Å². The molecule has 4 nitrogen and oxygen atoms in total. The molecule has 0 radical (unpaired) electrons. The maximum atomic E-state index is 4.30. The van der Waals surface area contributed by atoms with E-state index in [0.29, 0.717) is 0 Å². The van der Waals surface area contributed by atoms with Crippen molar-refractivity contribution in [3.8, 4) is 0 Å². The van der Waals surface area contributed by atoms with E-state index in [1.807, 2.05) is 19.1 Å². The summed E-state index contributed by atoms with van der Waals surface area (Å²) in [6, 6.07) is 8.29. The molecule has 0 amide bonds. The van der Waals surface area contributed by atoms with Crippen LogP contribution >= 0.6 is 0 Å². The summed E-state index contributed by atoms with van der Waals surface area (Å²) in [6.45, 7) is 5.01. The highest BCUT2D eigenvalue weighted by atomic mass is 15.2. The number of benzene rings is 1. The monoisotopic (exact) mass is 268 g/mol. The van der Waals surface area contributed by atoms with Crippen LogP contribution in [0.25, 0.3) is 10.8 Å². The number of rotatable bonds is 4. The van der Waals surface area contributed by atoms with E-state index >= 15 is 0 Å². The van der Waals surface area contributed by atoms with E-state index in [0.717, 1.165) is 49.4 Å². The summed E-state index contributed by atoms with van der Waals surface area (Å²) in [5, 5.41) is 17.6. The van der Waals surface area contributed by atoms with Crippen molar-refractivity contribution in [3.63, 3.8) is 0 Å². The fourth-order valence-electron chi connectivity index (χ4n) is 2.61. The molecule has 1 aliphatic rings. The van der Waals surface area contributed by atoms with Gasteiger partial charge in [0.05, 0.1) is 5.69 Å². The standard InChI is InChI=1S/C16H20N4/c1-12-14-4-2-3-5-15(14)16(20-19-12)18-11-8-13-6-9-17-10-7-13/h2-6,17H,7-11H2,1H3,(H,18,20). The zero-order chi connectivity index (χ0) is 13.8. The van der Waals surface area contributed by atoms with Crippen molar-refractivity contribution in [1.82, 2.24) is 15.5 Å². The zero-order valence-electron chi connectivity index (χ0n) is 11.8. The molecule has 1 aromatic heterocycles. The molecule has 20 heavy (non-hydrogen) atoms. The summed E-state index contributed by atoms with van der Waals surface area (Å²) in [5.74, 6) is 0.890. The Balaban J connectivity index is 1.71. The summed E-state index contributed by atoms with van der Waals surface area (Å²) in [4.78, 5) is 0. The van der Waals surface area contributed by atoms with Gasteiger partial charge in [0, 0.05) is 23.9 Å². The van der Waals surface area contributed by atoms with Crippen molar-refractivity contribution in [3.05, 3.63) is 41.6 Å². The van der Waals surface area contributed by atoms with Crippen LogP contribution in [0.4, 0.5) is 5.82 Å². The van der Waals surface area contributed by atoms with Gasteiger partial charge >= 0.3 is 0 Å². The second-order valence-corrected chi connectivity index (χ2v) is 5.17. The van der Waals surface area contributed by atoms with Gasteiger partial charge < -0.3 is 10.6 Å². The molecule has 0 atom stereocenters. The lowest BCUT2D eigenvalue weighted by molar-refractivity contribution is 0.683. The maximum absolute atomic E-state index is 4.30. The van der Waals surface area contributed by atoms with E-state index in [2.05, 4.69) is 39.0 Å². The number of nitrogens with zero attached hydrogens (tertiary/aromatic N) is 2. The first-order valence-corrected chi connectivity index (χ1v) is 7.19. The van der Waals surface area contributed by atoms with Crippen molar-refractivity contribution in [2.24, 2.45) is 0 Å². The van der Waals surface area contributed by atoms with E-state index in [-0.39, 0.29) is 0 Å². The summed E-state index contributed by atoms with van der Waals surface area (Å²) in [5.41, 5.74) is 2.51. The fraction of sp³-hybridized carbons (Fsp3) is 0.375. The van der Waals surface area contributed by atoms with E-state index in [4.69, 9.17) is 0 Å². The number of hydrogen-bond donors (Lipinski definition) is 2. The van der Waals surface area contributed by atoms with Gasteiger partial charge in [-0.05, 0) is 26.3 Å². The first-order chi connectivity index (χ1) is 9.84. The Bertz CT molecular complexity index is 633. The maximum Gasteiger partial charge on any atom is 0.156 e. The summed E-state index contributed by atoms with van der Waals surface area (Å²) < 4.78 is 0. The van der Waals surface area contributed by atoms with Crippen LogP contribution in [-0.4, -0.2) is 29.8 Å². The molecule has 2 heterocycles. The van der Waals surface area contributed by atoms with Crippen LogP contribution in [0, 0.1) is 6.92 Å². The van der Waals surface area contributed by atoms with Gasteiger partial charge in [-0.1, -0.05) is 35.9 Å². The molecule has 3 rings (SSSR count). The van der Waals surface area contributed by atoms with Crippen molar-refractivity contribution >= 4 is 16.6 Å². The molecule has 104 valence electrons. The minimum atomic E-state index is 0.890. The fourth-order valence-corrected chi connectivity index (χ4v) is 2.61. The van der Waals surface area contributed by atoms with Crippen molar-refractivity contribution in [2.45, 2.75) is 19.8 Å². The second kappa shape index (κ2) is 6.01. The van der Waals surface area contributed by atoms with Gasteiger partial charge in [-0.15, -0.1) is 5.10 Å². The van der Waals surface area contributed by atoms with Crippen LogP contribution in [-0.2, 0) is 0 Å². The van der Waals surface area contributed by atoms with Gasteiger partial charge in [0.2, 0.25) is 0 Å². The predicted octanol–water partition coefficient (Wildman–Crippen LogP) is 2.66. The lowest BCUT2D eigenvalue weighted by Crippen LogP contribution is -2.21. The molecule has 0 saturated carbocycles. The van der Waals surface area contributed by atoms with Gasteiger partial charge in [0.25, 0.3) is 0 Å². The third kappa shape index (κ3) is 2.80. The number of nitrogens with one attached hydrogen (secondary N) is 2. The second-order valence-electron chi connectivity index (χ2n) is 5.17. The quantitative estimate of drug-likeness (QED) is 0.837. The molecular weight excluding hydrogens is 248 g/mol. The highest BCUT2D eigenvalue weighted by Gasteiger charge is 2.06. The highest BCUT2D eigenvalue weighted by Crippen LogP contribution is 2.22. The van der Waals surface area contributed by atoms with Gasteiger partial charge in [-0.2, -0.15) is 5.10 Å². The SMILES string of the molecule is Cc1nnc(NCCC2=CCNCC2)c2ccccc12. The van der Waals surface area contributed by atoms with Crippen molar-refractivity contribution in [2.75, 3.05) is 25.0 Å². The van der Waals surface area contributed by atoms with Crippen LogP contribution in [0.1, 0.15) is 18.5 Å². The summed E-state index contributed by atoms with van der Waals surface area (Å²) in [6.07, 6.45) is 4.53. The molecule has 2 aromatic rings. The average molecular weight is 268 g/mol. The summed E-state index contributed by atoms with van der Waals surface area (Å²) in [7, 11) is 0. The predicted molar refractivity (Wildman–Crippen MR) is 83.0 cm³/mol. The number of aryl methyl sites for hydroxylation is 1. The lowest BCUT2D eigenvalue weighted by Gasteiger charge is -2.15. The normalized spacial score (nSPS) is 15.2. The third-order valence-electron chi connectivity index (χ3n) is 3.77. The van der Waals surface area contributed by atoms with Crippen molar-refractivity contribution in [1.29, 1.82) is 0 Å². The van der Waals surface area contributed by atoms with Crippen LogP contribution in [0.2, 0.25) is 0 Å². The van der Waals surface area contributed by atoms with E-state index in [9.17, 15) is 0 Å². The summed E-state index contributed by atoms with van der Waals surface area (Å²) >= 11 is 0. The first-order valence-electron chi connectivity index (χ1n) is 7.19. The molecule has 0 aliphatic carbocycles. The zero-order valence-corrected chi connectivity index (χ0v) is 11.8. The largest absolute Gasteiger partial charge is 0.368 e. The average Bonchev–Trinajstić information content (AvgIpc) is 2.51. The number of fused-ring (bicyclic) bond motifs is 1. The molecule has 0 spiro atoms. The van der Waals surface area contributed by atoms with Crippen molar-refractivity contribution < 1.29 is 0 Å². The molecule has 1 aromatic carbocycles. The molecule has 4 heteroatoms. The number of anilines is 1. The number of hydrogen-bond acceptors (Lipinski definition) is 4. The van der Waals surface area contributed by atoms with Gasteiger partial charge in [0.15, 0.2) is 5.82 Å². The third-order valence-corrected chi connectivity index (χ3v) is 3.77. The Morgan fingerprint density at radius 3 is 2.85 bits per heavy atom. The van der Waals surface area contributed by atoms with Crippen LogP contribution in [0.3, 0.4) is 0 Å². The van der Waals surface area contributed by atoms with Gasteiger partial charge in [0.1, 0.15) is 0 Å². The van der Waals surface area contributed by atoms with E-state index < -0.39 is 0 Å².